The molecule has 1 unspecified atom stereocenters. The van der Waals surface area contributed by atoms with Gasteiger partial charge in [-0.2, -0.15) is 11.8 Å². The van der Waals surface area contributed by atoms with Crippen LogP contribution in [0.15, 0.2) is 18.2 Å². The van der Waals surface area contributed by atoms with Gasteiger partial charge in [0.05, 0.1) is 7.11 Å². The van der Waals surface area contributed by atoms with E-state index in [-0.39, 0.29) is 5.75 Å². The first-order chi connectivity index (χ1) is 8.19. The molecule has 0 fully saturated rings. The van der Waals surface area contributed by atoms with Gasteiger partial charge in [-0.05, 0) is 18.7 Å². The van der Waals surface area contributed by atoms with E-state index in [1.807, 2.05) is 23.9 Å². The number of methoxy groups -OCH3 is 1. The topological polar surface area (TPSA) is 41.5 Å². The summed E-state index contributed by atoms with van der Waals surface area (Å²) in [5.74, 6) is 2.98. The van der Waals surface area contributed by atoms with Crippen molar-refractivity contribution in [3.63, 3.8) is 0 Å². The van der Waals surface area contributed by atoms with Gasteiger partial charge in [0.2, 0.25) is 0 Å². The van der Waals surface area contributed by atoms with E-state index in [9.17, 15) is 5.11 Å². The minimum absolute atomic E-state index is 0.234. The summed E-state index contributed by atoms with van der Waals surface area (Å²) < 4.78 is 5.08. The molecule has 0 bridgehead atoms. The van der Waals surface area contributed by atoms with Crippen molar-refractivity contribution < 1.29 is 9.84 Å². The predicted molar refractivity (Wildman–Crippen MR) is 74.0 cm³/mol. The Hall–Kier alpha value is -0.870. The Labute approximate surface area is 108 Å². The van der Waals surface area contributed by atoms with Crippen molar-refractivity contribution in [2.24, 2.45) is 0 Å². The van der Waals surface area contributed by atoms with Gasteiger partial charge < -0.3 is 15.2 Å². The van der Waals surface area contributed by atoms with Gasteiger partial charge in [0.1, 0.15) is 0 Å². The van der Waals surface area contributed by atoms with Crippen LogP contribution in [0.5, 0.6) is 11.5 Å². The molecule has 0 aliphatic carbocycles. The molecule has 1 aromatic rings. The van der Waals surface area contributed by atoms with Crippen molar-refractivity contribution in [1.29, 1.82) is 0 Å². The average molecular weight is 255 g/mol. The van der Waals surface area contributed by atoms with Crippen molar-refractivity contribution in [3.8, 4) is 11.5 Å². The fourth-order valence-electron chi connectivity index (χ4n) is 1.51. The lowest BCUT2D eigenvalue weighted by Crippen LogP contribution is -2.27. The lowest BCUT2D eigenvalue weighted by atomic mass is 10.2. The number of hydrogen-bond acceptors (Lipinski definition) is 4. The van der Waals surface area contributed by atoms with Crippen molar-refractivity contribution in [1.82, 2.24) is 5.32 Å². The minimum atomic E-state index is 0.234. The number of para-hydroxylation sites is 1. The molecule has 0 saturated heterocycles. The van der Waals surface area contributed by atoms with Gasteiger partial charge in [0.25, 0.3) is 0 Å². The number of phenols is 1. The third-order valence-electron chi connectivity index (χ3n) is 2.52. The van der Waals surface area contributed by atoms with Crippen LogP contribution < -0.4 is 10.1 Å². The second-order valence-electron chi connectivity index (χ2n) is 3.91. The molecule has 2 N–H and O–H groups in total. The third-order valence-corrected chi connectivity index (χ3v) is 3.66. The van der Waals surface area contributed by atoms with E-state index < -0.39 is 0 Å². The van der Waals surface area contributed by atoms with E-state index in [1.165, 1.54) is 0 Å². The summed E-state index contributed by atoms with van der Waals surface area (Å²) in [7, 11) is 1.56. The Morgan fingerprint density at radius 3 is 2.88 bits per heavy atom. The number of hydrogen-bond donors (Lipinski definition) is 2. The Balaban J connectivity index is 2.51. The highest BCUT2D eigenvalue weighted by Crippen LogP contribution is 2.29. The van der Waals surface area contributed by atoms with Crippen molar-refractivity contribution in [3.05, 3.63) is 23.8 Å². The van der Waals surface area contributed by atoms with Gasteiger partial charge in [-0.1, -0.05) is 19.1 Å². The summed E-state index contributed by atoms with van der Waals surface area (Å²) in [5, 5.41) is 13.3. The maximum atomic E-state index is 9.91. The molecule has 0 aromatic heterocycles. The Kier molecular flexibility index (Phi) is 6.22. The normalized spacial score (nSPS) is 12.4. The molecule has 0 radical (unpaired) electrons. The highest BCUT2D eigenvalue weighted by Gasteiger charge is 2.08. The number of thioether (sulfide) groups is 1. The first-order valence-electron chi connectivity index (χ1n) is 5.85. The lowest BCUT2D eigenvalue weighted by molar-refractivity contribution is 0.369. The maximum Gasteiger partial charge on any atom is 0.162 e. The summed E-state index contributed by atoms with van der Waals surface area (Å²) in [6.45, 7) is 4.97. The van der Waals surface area contributed by atoms with Gasteiger partial charge in [0.15, 0.2) is 11.5 Å². The summed E-state index contributed by atoms with van der Waals surface area (Å²) in [4.78, 5) is 0. The Morgan fingerprint density at radius 2 is 2.24 bits per heavy atom. The molecule has 0 spiro atoms. The molecule has 0 aliphatic rings. The summed E-state index contributed by atoms with van der Waals surface area (Å²) in [5.41, 5.74) is 0.873. The van der Waals surface area contributed by atoms with Crippen LogP contribution in [0.1, 0.15) is 19.4 Å². The van der Waals surface area contributed by atoms with Gasteiger partial charge in [0, 0.05) is 23.9 Å². The van der Waals surface area contributed by atoms with Gasteiger partial charge >= 0.3 is 0 Å². The van der Waals surface area contributed by atoms with Gasteiger partial charge in [-0.3, -0.25) is 0 Å². The van der Waals surface area contributed by atoms with Crippen molar-refractivity contribution in [2.45, 2.75) is 26.4 Å². The molecule has 96 valence electrons. The molecule has 4 heteroatoms. The number of aromatic hydroxyl groups is 1. The molecule has 1 atom stereocenters. The first-order valence-corrected chi connectivity index (χ1v) is 7.00. The quantitative estimate of drug-likeness (QED) is 0.786. The summed E-state index contributed by atoms with van der Waals surface area (Å²) >= 11 is 1.91. The highest BCUT2D eigenvalue weighted by atomic mass is 32.2. The van der Waals surface area contributed by atoms with Crippen LogP contribution >= 0.6 is 11.8 Å². The van der Waals surface area contributed by atoms with Crippen molar-refractivity contribution >= 4 is 11.8 Å². The second kappa shape index (κ2) is 7.45. The molecule has 0 aliphatic heterocycles. The number of rotatable bonds is 7. The van der Waals surface area contributed by atoms with Crippen molar-refractivity contribution in [2.75, 3.05) is 18.6 Å². The van der Waals surface area contributed by atoms with Crippen LogP contribution in [-0.2, 0) is 6.54 Å². The molecular weight excluding hydrogens is 234 g/mol. The molecular formula is C13H21NO2S. The van der Waals surface area contributed by atoms with Gasteiger partial charge in [-0.15, -0.1) is 0 Å². The summed E-state index contributed by atoms with van der Waals surface area (Å²) in [6, 6.07) is 5.99. The van der Waals surface area contributed by atoms with Crippen LogP contribution in [0.4, 0.5) is 0 Å². The van der Waals surface area contributed by atoms with Crippen LogP contribution in [-0.4, -0.2) is 29.8 Å². The molecule has 0 heterocycles. The van der Waals surface area contributed by atoms with E-state index in [1.54, 1.807) is 13.2 Å². The Morgan fingerprint density at radius 1 is 1.47 bits per heavy atom. The molecule has 1 aromatic carbocycles. The van der Waals surface area contributed by atoms with Crippen LogP contribution in [0.3, 0.4) is 0 Å². The smallest absolute Gasteiger partial charge is 0.162 e. The number of phenolic OH excluding ortho intramolecular Hbond substituents is 1. The zero-order chi connectivity index (χ0) is 12.7. The fourth-order valence-corrected chi connectivity index (χ4v) is 2.22. The highest BCUT2D eigenvalue weighted by molar-refractivity contribution is 7.99. The standard InChI is InChI=1S/C13H21NO2S/c1-4-17-9-10(2)14-8-11-6-5-7-12(16-3)13(11)15/h5-7,10,14-15H,4,8-9H2,1-3H3. The molecule has 1 rings (SSSR count). The zero-order valence-corrected chi connectivity index (χ0v) is 11.5. The molecule has 17 heavy (non-hydrogen) atoms. The SMILES string of the molecule is CCSCC(C)NCc1cccc(OC)c1O. The minimum Gasteiger partial charge on any atom is -0.504 e. The zero-order valence-electron chi connectivity index (χ0n) is 10.7. The second-order valence-corrected chi connectivity index (χ2v) is 5.23. The predicted octanol–water partition coefficient (Wildman–Crippen LogP) is 2.63. The molecule has 3 nitrogen and oxygen atoms in total. The van der Waals surface area contributed by atoms with Gasteiger partial charge in [-0.25, -0.2) is 0 Å². The average Bonchev–Trinajstić information content (AvgIpc) is 2.35. The number of benzene rings is 1. The van der Waals surface area contributed by atoms with E-state index in [4.69, 9.17) is 4.74 Å². The van der Waals surface area contributed by atoms with Crippen LogP contribution in [0.2, 0.25) is 0 Å². The van der Waals surface area contributed by atoms with Crippen LogP contribution in [0, 0.1) is 0 Å². The summed E-state index contributed by atoms with van der Waals surface area (Å²) in [6.07, 6.45) is 0. The monoisotopic (exact) mass is 255 g/mol. The number of ether oxygens (including phenoxy) is 1. The maximum absolute atomic E-state index is 9.91. The lowest BCUT2D eigenvalue weighted by Gasteiger charge is -2.14. The first kappa shape index (κ1) is 14.2. The van der Waals surface area contributed by atoms with E-state index in [0.29, 0.717) is 18.3 Å². The number of nitrogens with one attached hydrogen (secondary N) is 1. The van der Waals surface area contributed by atoms with E-state index >= 15 is 0 Å². The van der Waals surface area contributed by atoms with E-state index in [0.717, 1.165) is 17.1 Å². The van der Waals surface area contributed by atoms with Crippen LogP contribution in [0.25, 0.3) is 0 Å². The Bertz CT molecular complexity index is 344. The van der Waals surface area contributed by atoms with E-state index in [2.05, 4.69) is 19.2 Å². The third kappa shape index (κ3) is 4.48. The fraction of sp³-hybridized carbons (Fsp3) is 0.538. The molecule has 0 amide bonds. The molecule has 0 saturated carbocycles. The largest absolute Gasteiger partial charge is 0.504 e.